The number of carbonyl (C=O) groups excluding carboxylic acids is 1. The molecule has 22 heavy (non-hydrogen) atoms. The standard InChI is InChI=1S/C18H19NO3/c1-21-18(20)14-8-6-13(7-9-14)11-19-16-10-15-4-2-3-5-17(15)22-12-16/h2-9,16,19H,10-12H2,1H3/t16-/m1/s1. The second-order valence-corrected chi connectivity index (χ2v) is 5.39. The average Bonchev–Trinajstić information content (AvgIpc) is 2.59. The van der Waals surface area contributed by atoms with Gasteiger partial charge in [-0.1, -0.05) is 30.3 Å². The van der Waals surface area contributed by atoms with E-state index in [4.69, 9.17) is 9.47 Å². The molecule has 0 saturated carbocycles. The van der Waals surface area contributed by atoms with Crippen LogP contribution in [0.3, 0.4) is 0 Å². The van der Waals surface area contributed by atoms with Crippen molar-refractivity contribution in [3.8, 4) is 5.75 Å². The Morgan fingerprint density at radius 2 is 2.00 bits per heavy atom. The van der Waals surface area contributed by atoms with Crippen molar-refractivity contribution in [1.82, 2.24) is 5.32 Å². The first-order valence-corrected chi connectivity index (χ1v) is 7.37. The van der Waals surface area contributed by atoms with Crippen LogP contribution >= 0.6 is 0 Å². The maximum absolute atomic E-state index is 11.4. The van der Waals surface area contributed by atoms with Crippen molar-refractivity contribution >= 4 is 5.97 Å². The van der Waals surface area contributed by atoms with Gasteiger partial charge in [0.2, 0.25) is 0 Å². The van der Waals surface area contributed by atoms with E-state index in [0.29, 0.717) is 18.2 Å². The van der Waals surface area contributed by atoms with Gasteiger partial charge in [-0.25, -0.2) is 4.79 Å². The van der Waals surface area contributed by atoms with Crippen molar-refractivity contribution in [3.05, 3.63) is 65.2 Å². The average molecular weight is 297 g/mol. The first-order valence-electron chi connectivity index (χ1n) is 7.37. The third kappa shape index (κ3) is 3.28. The second kappa shape index (κ2) is 6.62. The lowest BCUT2D eigenvalue weighted by molar-refractivity contribution is 0.0600. The lowest BCUT2D eigenvalue weighted by Gasteiger charge is -2.26. The molecule has 0 bridgehead atoms. The third-order valence-electron chi connectivity index (χ3n) is 3.85. The predicted octanol–water partition coefficient (Wildman–Crippen LogP) is 2.57. The fourth-order valence-corrected chi connectivity index (χ4v) is 2.60. The number of ether oxygens (including phenoxy) is 2. The maximum Gasteiger partial charge on any atom is 0.337 e. The van der Waals surface area contributed by atoms with Crippen molar-refractivity contribution in [2.45, 2.75) is 19.0 Å². The molecule has 1 N–H and O–H groups in total. The smallest absolute Gasteiger partial charge is 0.337 e. The van der Waals surface area contributed by atoms with Crippen molar-refractivity contribution in [3.63, 3.8) is 0 Å². The van der Waals surface area contributed by atoms with Crippen molar-refractivity contribution in [1.29, 1.82) is 0 Å². The summed E-state index contributed by atoms with van der Waals surface area (Å²) < 4.78 is 10.5. The Labute approximate surface area is 130 Å². The van der Waals surface area contributed by atoms with Crippen LogP contribution in [0.25, 0.3) is 0 Å². The van der Waals surface area contributed by atoms with Crippen molar-refractivity contribution in [2.75, 3.05) is 13.7 Å². The Morgan fingerprint density at radius 3 is 2.77 bits per heavy atom. The molecule has 3 rings (SSSR count). The number of benzene rings is 2. The van der Waals surface area contributed by atoms with E-state index in [-0.39, 0.29) is 5.97 Å². The highest BCUT2D eigenvalue weighted by molar-refractivity contribution is 5.89. The van der Waals surface area contributed by atoms with E-state index in [1.54, 1.807) is 12.1 Å². The van der Waals surface area contributed by atoms with E-state index in [0.717, 1.165) is 24.3 Å². The van der Waals surface area contributed by atoms with E-state index in [2.05, 4.69) is 11.4 Å². The van der Waals surface area contributed by atoms with Crippen LogP contribution in [-0.2, 0) is 17.7 Å². The summed E-state index contributed by atoms with van der Waals surface area (Å²) in [5, 5.41) is 3.50. The summed E-state index contributed by atoms with van der Waals surface area (Å²) in [4.78, 5) is 11.4. The van der Waals surface area contributed by atoms with Gasteiger partial charge >= 0.3 is 5.97 Å². The van der Waals surface area contributed by atoms with E-state index < -0.39 is 0 Å². The molecule has 114 valence electrons. The van der Waals surface area contributed by atoms with Crippen molar-refractivity contribution < 1.29 is 14.3 Å². The number of rotatable bonds is 4. The predicted molar refractivity (Wildman–Crippen MR) is 84.1 cm³/mol. The number of carbonyl (C=O) groups is 1. The van der Waals surface area contributed by atoms with E-state index in [1.807, 2.05) is 30.3 Å². The minimum absolute atomic E-state index is 0.301. The van der Waals surface area contributed by atoms with E-state index >= 15 is 0 Å². The zero-order chi connectivity index (χ0) is 15.4. The molecule has 0 radical (unpaired) electrons. The van der Waals surface area contributed by atoms with E-state index in [1.165, 1.54) is 12.7 Å². The molecule has 1 aliphatic rings. The van der Waals surface area contributed by atoms with Gasteiger partial charge < -0.3 is 14.8 Å². The lowest BCUT2D eigenvalue weighted by atomic mass is 10.0. The molecule has 0 aromatic heterocycles. The third-order valence-corrected chi connectivity index (χ3v) is 3.85. The number of fused-ring (bicyclic) bond motifs is 1. The normalized spacial score (nSPS) is 16.5. The van der Waals surface area contributed by atoms with Crippen LogP contribution in [0, 0.1) is 0 Å². The molecule has 0 spiro atoms. The highest BCUT2D eigenvalue weighted by atomic mass is 16.5. The largest absolute Gasteiger partial charge is 0.492 e. The van der Waals surface area contributed by atoms with Crippen LogP contribution in [0.2, 0.25) is 0 Å². The molecule has 0 aliphatic carbocycles. The molecule has 1 aliphatic heterocycles. The molecule has 2 aromatic rings. The highest BCUT2D eigenvalue weighted by Gasteiger charge is 2.18. The van der Waals surface area contributed by atoms with Gasteiger partial charge in [-0.15, -0.1) is 0 Å². The monoisotopic (exact) mass is 297 g/mol. The van der Waals surface area contributed by atoms with Gasteiger partial charge in [-0.3, -0.25) is 0 Å². The Kier molecular flexibility index (Phi) is 4.39. The van der Waals surface area contributed by atoms with Crippen LogP contribution in [0.5, 0.6) is 5.75 Å². The van der Waals surface area contributed by atoms with E-state index in [9.17, 15) is 4.79 Å². The van der Waals surface area contributed by atoms with Gasteiger partial charge in [0.15, 0.2) is 0 Å². The van der Waals surface area contributed by atoms with Gasteiger partial charge in [0.05, 0.1) is 12.7 Å². The molecular weight excluding hydrogens is 278 g/mol. The number of nitrogens with one attached hydrogen (secondary N) is 1. The number of methoxy groups -OCH3 is 1. The Balaban J connectivity index is 1.56. The molecular formula is C18H19NO3. The fraction of sp³-hybridized carbons (Fsp3) is 0.278. The summed E-state index contributed by atoms with van der Waals surface area (Å²) in [5.74, 6) is 0.680. The van der Waals surface area contributed by atoms with Gasteiger partial charge in [-0.2, -0.15) is 0 Å². The van der Waals surface area contributed by atoms with Gasteiger partial charge in [-0.05, 0) is 35.7 Å². The molecule has 0 fully saturated rings. The molecule has 0 unspecified atom stereocenters. The molecule has 0 saturated heterocycles. The Bertz CT molecular complexity index is 652. The zero-order valence-corrected chi connectivity index (χ0v) is 12.5. The van der Waals surface area contributed by atoms with Crippen LogP contribution < -0.4 is 10.1 Å². The minimum atomic E-state index is -0.309. The minimum Gasteiger partial charge on any atom is -0.492 e. The van der Waals surface area contributed by atoms with Crippen LogP contribution in [0.4, 0.5) is 0 Å². The number of hydrogen-bond acceptors (Lipinski definition) is 4. The first kappa shape index (κ1) is 14.6. The number of esters is 1. The zero-order valence-electron chi connectivity index (χ0n) is 12.5. The van der Waals surface area contributed by atoms with Crippen LogP contribution in [-0.4, -0.2) is 25.7 Å². The van der Waals surface area contributed by atoms with Gasteiger partial charge in [0, 0.05) is 12.6 Å². The summed E-state index contributed by atoms with van der Waals surface area (Å²) in [6.07, 6.45) is 0.969. The maximum atomic E-state index is 11.4. The van der Waals surface area contributed by atoms with Gasteiger partial charge in [0.1, 0.15) is 12.4 Å². The summed E-state index contributed by atoms with van der Waals surface area (Å²) >= 11 is 0. The number of hydrogen-bond donors (Lipinski definition) is 1. The summed E-state index contributed by atoms with van der Waals surface area (Å²) in [5.41, 5.74) is 2.94. The summed E-state index contributed by atoms with van der Waals surface area (Å²) in [6, 6.07) is 15.9. The molecule has 2 aromatic carbocycles. The molecule has 4 nitrogen and oxygen atoms in total. The Morgan fingerprint density at radius 1 is 1.23 bits per heavy atom. The highest BCUT2D eigenvalue weighted by Crippen LogP contribution is 2.24. The lowest BCUT2D eigenvalue weighted by Crippen LogP contribution is -2.38. The quantitative estimate of drug-likeness (QED) is 0.881. The van der Waals surface area contributed by atoms with Crippen LogP contribution in [0.15, 0.2) is 48.5 Å². The van der Waals surface area contributed by atoms with Crippen LogP contribution in [0.1, 0.15) is 21.5 Å². The summed E-state index contributed by atoms with van der Waals surface area (Å²) in [7, 11) is 1.39. The Hall–Kier alpha value is -2.33. The topological polar surface area (TPSA) is 47.6 Å². The number of para-hydroxylation sites is 1. The van der Waals surface area contributed by atoms with Crippen molar-refractivity contribution in [2.24, 2.45) is 0 Å². The molecule has 0 amide bonds. The second-order valence-electron chi connectivity index (χ2n) is 5.39. The van der Waals surface area contributed by atoms with Gasteiger partial charge in [0.25, 0.3) is 0 Å². The first-order chi connectivity index (χ1) is 10.8. The molecule has 4 heteroatoms. The molecule has 1 heterocycles. The summed E-state index contributed by atoms with van der Waals surface area (Å²) in [6.45, 7) is 1.43. The SMILES string of the molecule is COC(=O)c1ccc(CN[C@H]2COc3ccccc3C2)cc1. The fourth-order valence-electron chi connectivity index (χ4n) is 2.60. The molecule has 1 atom stereocenters.